The summed E-state index contributed by atoms with van der Waals surface area (Å²) < 4.78 is 5.08. The number of hydrogen-bond acceptors (Lipinski definition) is 3. The minimum atomic E-state index is -0.270. The molecule has 1 aromatic rings. The van der Waals surface area contributed by atoms with Crippen LogP contribution in [0, 0.1) is 0 Å². The third-order valence-corrected chi connectivity index (χ3v) is 2.88. The molecule has 0 spiro atoms. The van der Waals surface area contributed by atoms with Crippen LogP contribution in [0.15, 0.2) is 41.6 Å². The highest BCUT2D eigenvalue weighted by Gasteiger charge is 2.33. The Hall–Kier alpha value is -1.77. The Kier molecular flexibility index (Phi) is 2.95. The molecule has 1 fully saturated rings. The normalized spacial score (nSPS) is 23.1. The second-order valence-corrected chi connectivity index (χ2v) is 3.85. The number of cyclic esters (lactones) is 1. The number of carbonyl (C=O) groups is 1. The van der Waals surface area contributed by atoms with E-state index in [4.69, 9.17) is 10.5 Å². The van der Waals surface area contributed by atoms with E-state index in [1.165, 1.54) is 0 Å². The van der Waals surface area contributed by atoms with E-state index in [-0.39, 0.29) is 11.9 Å². The molecule has 0 aliphatic carbocycles. The maximum Gasteiger partial charge on any atom is 0.336 e. The lowest BCUT2D eigenvalue weighted by atomic mass is 9.92. The summed E-state index contributed by atoms with van der Waals surface area (Å²) in [5.74, 6) is -0.276. The molecular weight excluding hydrogens is 202 g/mol. The number of ether oxygens (including phenoxy) is 1. The Morgan fingerprint density at radius 1 is 1.44 bits per heavy atom. The maximum atomic E-state index is 11.6. The number of benzene rings is 1. The van der Waals surface area contributed by atoms with Crippen molar-refractivity contribution in [1.29, 1.82) is 0 Å². The van der Waals surface area contributed by atoms with Crippen molar-refractivity contribution in [2.24, 2.45) is 5.73 Å². The van der Waals surface area contributed by atoms with E-state index in [9.17, 15) is 4.79 Å². The zero-order chi connectivity index (χ0) is 11.5. The molecule has 3 heteroatoms. The largest absolute Gasteiger partial charge is 0.461 e. The van der Waals surface area contributed by atoms with Crippen LogP contribution in [0.25, 0.3) is 0 Å². The quantitative estimate of drug-likeness (QED) is 0.608. The minimum absolute atomic E-state index is 0.00588. The standard InChI is InChI=1S/C13H15NO2/c1-2-11(14)12-10(8-16-13(12)15)9-6-4-3-5-7-9/h3-7,10H,2,8,14H2,1H3/b12-11+. The lowest BCUT2D eigenvalue weighted by Crippen LogP contribution is -2.10. The van der Waals surface area contributed by atoms with E-state index in [1.54, 1.807) is 0 Å². The second-order valence-electron chi connectivity index (χ2n) is 3.85. The van der Waals surface area contributed by atoms with Crippen molar-refractivity contribution < 1.29 is 9.53 Å². The molecule has 1 heterocycles. The first-order chi connectivity index (χ1) is 7.74. The summed E-state index contributed by atoms with van der Waals surface area (Å²) in [6, 6.07) is 9.86. The van der Waals surface area contributed by atoms with Crippen LogP contribution in [0.2, 0.25) is 0 Å². The zero-order valence-corrected chi connectivity index (χ0v) is 9.27. The molecule has 1 aliphatic rings. The first-order valence-corrected chi connectivity index (χ1v) is 5.44. The van der Waals surface area contributed by atoms with Gasteiger partial charge in [-0.05, 0) is 12.0 Å². The van der Waals surface area contributed by atoms with Gasteiger partial charge in [0, 0.05) is 5.70 Å². The van der Waals surface area contributed by atoms with E-state index >= 15 is 0 Å². The van der Waals surface area contributed by atoms with Crippen molar-refractivity contribution in [3.63, 3.8) is 0 Å². The third-order valence-electron chi connectivity index (χ3n) is 2.88. The van der Waals surface area contributed by atoms with Crippen molar-refractivity contribution in [1.82, 2.24) is 0 Å². The SMILES string of the molecule is CC/C(N)=C1\C(=O)OCC1c1ccccc1. The van der Waals surface area contributed by atoms with Gasteiger partial charge >= 0.3 is 5.97 Å². The van der Waals surface area contributed by atoms with Gasteiger partial charge in [0.1, 0.15) is 6.61 Å². The molecular formula is C13H15NO2. The molecule has 1 unspecified atom stereocenters. The van der Waals surface area contributed by atoms with Gasteiger partial charge in [-0.1, -0.05) is 37.3 Å². The maximum absolute atomic E-state index is 11.6. The molecule has 0 amide bonds. The third kappa shape index (κ3) is 1.81. The molecule has 1 atom stereocenters. The molecule has 0 bridgehead atoms. The molecule has 1 aliphatic heterocycles. The van der Waals surface area contributed by atoms with Crippen molar-refractivity contribution >= 4 is 5.97 Å². The lowest BCUT2D eigenvalue weighted by molar-refractivity contribution is -0.135. The Bertz CT molecular complexity index is 423. The van der Waals surface area contributed by atoms with Gasteiger partial charge in [0.15, 0.2) is 0 Å². The van der Waals surface area contributed by atoms with Crippen molar-refractivity contribution in [3.05, 3.63) is 47.2 Å². The number of carbonyl (C=O) groups excluding carboxylic acids is 1. The molecule has 1 aromatic carbocycles. The highest BCUT2D eigenvalue weighted by Crippen LogP contribution is 2.32. The summed E-state index contributed by atoms with van der Waals surface area (Å²) in [5.41, 5.74) is 8.23. The van der Waals surface area contributed by atoms with E-state index in [2.05, 4.69) is 0 Å². The fourth-order valence-electron chi connectivity index (χ4n) is 1.96. The van der Waals surface area contributed by atoms with Crippen molar-refractivity contribution in [2.45, 2.75) is 19.3 Å². The number of hydrogen-bond donors (Lipinski definition) is 1. The van der Waals surface area contributed by atoms with Gasteiger partial charge in [-0.25, -0.2) is 4.79 Å². The molecule has 84 valence electrons. The molecule has 16 heavy (non-hydrogen) atoms. The van der Waals surface area contributed by atoms with Gasteiger partial charge < -0.3 is 10.5 Å². The van der Waals surface area contributed by atoms with Gasteiger partial charge in [0.2, 0.25) is 0 Å². The van der Waals surface area contributed by atoms with Crippen LogP contribution in [0.5, 0.6) is 0 Å². The predicted molar refractivity (Wildman–Crippen MR) is 61.6 cm³/mol. The predicted octanol–water partition coefficient (Wildman–Crippen LogP) is 1.95. The molecule has 0 saturated carbocycles. The van der Waals surface area contributed by atoms with Gasteiger partial charge in [-0.2, -0.15) is 0 Å². The van der Waals surface area contributed by atoms with Crippen LogP contribution in [-0.2, 0) is 9.53 Å². The fourth-order valence-corrected chi connectivity index (χ4v) is 1.96. The Morgan fingerprint density at radius 3 is 2.75 bits per heavy atom. The summed E-state index contributed by atoms with van der Waals surface area (Å²) in [6.45, 7) is 2.34. The van der Waals surface area contributed by atoms with Gasteiger partial charge in [0.25, 0.3) is 0 Å². The average Bonchev–Trinajstić information content (AvgIpc) is 2.71. The number of rotatable bonds is 2. The van der Waals surface area contributed by atoms with E-state index in [1.807, 2.05) is 37.3 Å². The fraction of sp³-hybridized carbons (Fsp3) is 0.308. The highest BCUT2D eigenvalue weighted by atomic mass is 16.5. The topological polar surface area (TPSA) is 52.3 Å². The van der Waals surface area contributed by atoms with E-state index in [0.717, 1.165) is 5.56 Å². The first-order valence-electron chi connectivity index (χ1n) is 5.44. The molecule has 3 nitrogen and oxygen atoms in total. The molecule has 0 aromatic heterocycles. The second kappa shape index (κ2) is 4.39. The number of allylic oxidation sites excluding steroid dienone is 1. The highest BCUT2D eigenvalue weighted by molar-refractivity contribution is 5.93. The van der Waals surface area contributed by atoms with E-state index < -0.39 is 0 Å². The first kappa shape index (κ1) is 10.7. The number of esters is 1. The van der Waals surface area contributed by atoms with Crippen LogP contribution in [0.1, 0.15) is 24.8 Å². The zero-order valence-electron chi connectivity index (χ0n) is 9.27. The smallest absolute Gasteiger partial charge is 0.336 e. The van der Waals surface area contributed by atoms with Crippen molar-refractivity contribution in [2.75, 3.05) is 6.61 Å². The van der Waals surface area contributed by atoms with Crippen LogP contribution in [-0.4, -0.2) is 12.6 Å². The summed E-state index contributed by atoms with van der Waals surface area (Å²) in [4.78, 5) is 11.6. The van der Waals surface area contributed by atoms with Gasteiger partial charge in [-0.3, -0.25) is 0 Å². The molecule has 2 N–H and O–H groups in total. The molecule has 1 saturated heterocycles. The molecule has 2 rings (SSSR count). The Balaban J connectivity index is 2.40. The minimum Gasteiger partial charge on any atom is -0.461 e. The summed E-state index contributed by atoms with van der Waals surface area (Å²) in [5, 5.41) is 0. The summed E-state index contributed by atoms with van der Waals surface area (Å²) >= 11 is 0. The Morgan fingerprint density at radius 2 is 2.12 bits per heavy atom. The Labute approximate surface area is 94.9 Å². The van der Waals surface area contributed by atoms with Crippen LogP contribution < -0.4 is 5.73 Å². The lowest BCUT2D eigenvalue weighted by Gasteiger charge is -2.10. The van der Waals surface area contributed by atoms with Gasteiger partial charge in [-0.15, -0.1) is 0 Å². The molecule has 0 radical (unpaired) electrons. The average molecular weight is 217 g/mol. The summed E-state index contributed by atoms with van der Waals surface area (Å²) in [6.07, 6.45) is 0.674. The van der Waals surface area contributed by atoms with Gasteiger partial charge in [0.05, 0.1) is 11.5 Å². The van der Waals surface area contributed by atoms with Crippen LogP contribution >= 0.6 is 0 Å². The monoisotopic (exact) mass is 217 g/mol. The summed E-state index contributed by atoms with van der Waals surface area (Å²) in [7, 11) is 0. The van der Waals surface area contributed by atoms with E-state index in [0.29, 0.717) is 24.3 Å². The van der Waals surface area contributed by atoms with Crippen molar-refractivity contribution in [3.8, 4) is 0 Å². The van der Waals surface area contributed by atoms with Crippen LogP contribution in [0.4, 0.5) is 0 Å². The van der Waals surface area contributed by atoms with Crippen LogP contribution in [0.3, 0.4) is 0 Å². The number of nitrogens with two attached hydrogens (primary N) is 1.